The van der Waals surface area contributed by atoms with Crippen LogP contribution in [0.25, 0.3) is 50.7 Å². The van der Waals surface area contributed by atoms with Crippen LogP contribution in [-0.4, -0.2) is 49.7 Å². The van der Waals surface area contributed by atoms with Gasteiger partial charge in [0.25, 0.3) is 0 Å². The van der Waals surface area contributed by atoms with Crippen molar-refractivity contribution in [1.29, 1.82) is 0 Å². The van der Waals surface area contributed by atoms with Crippen molar-refractivity contribution in [2.75, 3.05) is 0 Å². The van der Waals surface area contributed by atoms with Crippen molar-refractivity contribution in [2.45, 2.75) is 6.92 Å². The number of pyridine rings is 2. The number of aromatic amines is 2. The Bertz CT molecular complexity index is 1510. The van der Waals surface area contributed by atoms with Gasteiger partial charge in [0.15, 0.2) is 17.3 Å². The minimum Gasteiger partial charge on any atom is -0.336 e. The molecular weight excluding hydrogens is 380 g/mol. The Morgan fingerprint density at radius 1 is 0.933 bits per heavy atom. The van der Waals surface area contributed by atoms with Gasteiger partial charge in [-0.15, -0.1) is 0 Å². The molecule has 10 nitrogen and oxygen atoms in total. The summed E-state index contributed by atoms with van der Waals surface area (Å²) in [6.07, 6.45) is 10.3. The van der Waals surface area contributed by atoms with E-state index in [4.69, 9.17) is 9.97 Å². The first-order valence-corrected chi connectivity index (χ1v) is 9.23. The summed E-state index contributed by atoms with van der Waals surface area (Å²) < 4.78 is 1.86. The Balaban J connectivity index is 1.52. The van der Waals surface area contributed by atoms with E-state index in [1.165, 1.54) is 6.33 Å². The molecule has 0 aromatic carbocycles. The first-order valence-electron chi connectivity index (χ1n) is 9.23. The second-order valence-corrected chi connectivity index (χ2v) is 6.83. The van der Waals surface area contributed by atoms with E-state index in [-0.39, 0.29) is 0 Å². The molecule has 0 saturated heterocycles. The molecule has 144 valence electrons. The lowest BCUT2D eigenvalue weighted by atomic mass is 10.2. The summed E-state index contributed by atoms with van der Waals surface area (Å²) in [5.41, 5.74) is 6.24. The third-order valence-electron chi connectivity index (χ3n) is 4.83. The third-order valence-corrected chi connectivity index (χ3v) is 4.83. The van der Waals surface area contributed by atoms with Crippen LogP contribution in [0.2, 0.25) is 0 Å². The van der Waals surface area contributed by atoms with Crippen molar-refractivity contribution in [3.05, 3.63) is 61.3 Å². The maximum Gasteiger partial charge on any atom is 0.166 e. The Morgan fingerprint density at radius 2 is 1.83 bits per heavy atom. The first kappa shape index (κ1) is 16.5. The molecule has 0 saturated carbocycles. The van der Waals surface area contributed by atoms with Gasteiger partial charge in [-0.1, -0.05) is 0 Å². The van der Waals surface area contributed by atoms with Crippen LogP contribution in [0.4, 0.5) is 0 Å². The molecule has 0 aliphatic carbocycles. The normalized spacial score (nSPS) is 11.5. The fourth-order valence-electron chi connectivity index (χ4n) is 3.42. The highest BCUT2D eigenvalue weighted by molar-refractivity contribution is 5.92. The van der Waals surface area contributed by atoms with E-state index in [1.54, 1.807) is 24.9 Å². The minimum atomic E-state index is 0.608. The maximum atomic E-state index is 4.78. The molecule has 0 fully saturated rings. The van der Waals surface area contributed by atoms with Gasteiger partial charge in [-0.25, -0.2) is 29.9 Å². The van der Waals surface area contributed by atoms with Crippen LogP contribution in [0.1, 0.15) is 5.69 Å². The zero-order valence-corrected chi connectivity index (χ0v) is 15.8. The van der Waals surface area contributed by atoms with E-state index in [0.29, 0.717) is 22.9 Å². The summed E-state index contributed by atoms with van der Waals surface area (Å²) in [6.45, 7) is 1.93. The molecule has 6 aromatic rings. The van der Waals surface area contributed by atoms with Crippen molar-refractivity contribution in [3.63, 3.8) is 0 Å². The van der Waals surface area contributed by atoms with Crippen LogP contribution in [0, 0.1) is 6.92 Å². The first-order chi connectivity index (χ1) is 14.8. The molecule has 6 heterocycles. The highest BCUT2D eigenvalue weighted by atomic mass is 15.2. The van der Waals surface area contributed by atoms with Crippen molar-refractivity contribution < 1.29 is 0 Å². The smallest absolute Gasteiger partial charge is 0.166 e. The SMILES string of the molecule is Cc1cn(-c2nccc3[nH]c(-c4n[nH]c5ccc(-c6cncnc6)nc45)nc23)cn1. The number of aromatic nitrogens is 10. The summed E-state index contributed by atoms with van der Waals surface area (Å²) in [5, 5.41) is 7.47. The Labute approximate surface area is 169 Å². The van der Waals surface area contributed by atoms with Gasteiger partial charge in [0.05, 0.1) is 22.4 Å². The van der Waals surface area contributed by atoms with Crippen molar-refractivity contribution in [3.8, 4) is 28.6 Å². The van der Waals surface area contributed by atoms with E-state index in [0.717, 1.165) is 33.5 Å². The summed E-state index contributed by atoms with van der Waals surface area (Å²) >= 11 is 0. The van der Waals surface area contributed by atoms with Crippen molar-refractivity contribution in [2.24, 2.45) is 0 Å². The van der Waals surface area contributed by atoms with Crippen molar-refractivity contribution >= 4 is 22.1 Å². The van der Waals surface area contributed by atoms with Crippen LogP contribution in [0.15, 0.2) is 55.6 Å². The molecule has 0 unspecified atom stereocenters. The van der Waals surface area contributed by atoms with E-state index < -0.39 is 0 Å². The molecule has 0 aliphatic heterocycles. The van der Waals surface area contributed by atoms with Gasteiger partial charge >= 0.3 is 0 Å². The zero-order chi connectivity index (χ0) is 20.1. The summed E-state index contributed by atoms with van der Waals surface area (Å²) in [5.74, 6) is 1.31. The average Bonchev–Trinajstić information content (AvgIpc) is 3.51. The van der Waals surface area contributed by atoms with Gasteiger partial charge in [-0.3, -0.25) is 9.67 Å². The molecule has 30 heavy (non-hydrogen) atoms. The summed E-state index contributed by atoms with van der Waals surface area (Å²) in [7, 11) is 0. The molecule has 6 aromatic heterocycles. The second-order valence-electron chi connectivity index (χ2n) is 6.83. The number of nitrogens with one attached hydrogen (secondary N) is 2. The second kappa shape index (κ2) is 6.27. The fraction of sp³-hybridized carbons (Fsp3) is 0.0500. The van der Waals surface area contributed by atoms with E-state index in [1.807, 2.05) is 35.9 Å². The lowest BCUT2D eigenvalue weighted by Crippen LogP contribution is -1.95. The number of hydrogen-bond acceptors (Lipinski definition) is 7. The molecular formula is C20H14N10. The number of nitrogens with zero attached hydrogens (tertiary/aromatic N) is 8. The minimum absolute atomic E-state index is 0.608. The molecule has 2 N–H and O–H groups in total. The van der Waals surface area contributed by atoms with Crippen LogP contribution in [0.3, 0.4) is 0 Å². The van der Waals surface area contributed by atoms with Crippen LogP contribution >= 0.6 is 0 Å². The Morgan fingerprint density at radius 3 is 2.67 bits per heavy atom. The van der Waals surface area contributed by atoms with E-state index >= 15 is 0 Å². The van der Waals surface area contributed by atoms with Gasteiger partial charge in [-0.2, -0.15) is 5.10 Å². The van der Waals surface area contributed by atoms with Gasteiger partial charge in [0.1, 0.15) is 23.7 Å². The topological polar surface area (TPSA) is 127 Å². The number of H-pyrrole nitrogens is 2. The summed E-state index contributed by atoms with van der Waals surface area (Å²) in [4.78, 5) is 29.8. The van der Waals surface area contributed by atoms with E-state index in [9.17, 15) is 0 Å². The molecule has 0 atom stereocenters. The average molecular weight is 394 g/mol. The number of rotatable bonds is 3. The number of fused-ring (bicyclic) bond motifs is 2. The molecule has 6 rings (SSSR count). The largest absolute Gasteiger partial charge is 0.336 e. The number of aryl methyl sites for hydroxylation is 1. The lowest BCUT2D eigenvalue weighted by Gasteiger charge is -2.00. The summed E-state index contributed by atoms with van der Waals surface area (Å²) in [6, 6.07) is 5.73. The monoisotopic (exact) mass is 394 g/mol. The zero-order valence-electron chi connectivity index (χ0n) is 15.8. The number of hydrogen-bond donors (Lipinski definition) is 2. The highest BCUT2D eigenvalue weighted by Crippen LogP contribution is 2.28. The predicted molar refractivity (Wildman–Crippen MR) is 110 cm³/mol. The van der Waals surface area contributed by atoms with Crippen molar-refractivity contribution in [1.82, 2.24) is 49.7 Å². The highest BCUT2D eigenvalue weighted by Gasteiger charge is 2.17. The van der Waals surface area contributed by atoms with E-state index in [2.05, 4.69) is 35.1 Å². The fourth-order valence-corrected chi connectivity index (χ4v) is 3.42. The quantitative estimate of drug-likeness (QED) is 0.472. The maximum absolute atomic E-state index is 4.78. The Kier molecular flexibility index (Phi) is 3.45. The predicted octanol–water partition coefficient (Wildman–Crippen LogP) is 2.85. The molecule has 0 radical (unpaired) electrons. The van der Waals surface area contributed by atoms with Crippen LogP contribution < -0.4 is 0 Å². The lowest BCUT2D eigenvalue weighted by molar-refractivity contribution is 1.00. The standard InChI is InChI=1S/C20H14N10/c1-11-8-30(10-24-11)20-17-14(4-5-23-20)26-19(27-17)18-16-15(28-29-18)3-2-13(25-16)12-6-21-9-22-7-12/h2-10H,1H3,(H,26,27)(H,28,29). The molecule has 0 aliphatic rings. The van der Waals surface area contributed by atoms with Gasteiger partial charge in [-0.05, 0) is 25.1 Å². The Hall–Kier alpha value is -4.47. The van der Waals surface area contributed by atoms with Gasteiger partial charge < -0.3 is 4.98 Å². The molecule has 0 spiro atoms. The number of imidazole rings is 2. The van der Waals surface area contributed by atoms with Gasteiger partial charge in [0, 0.05) is 30.4 Å². The van der Waals surface area contributed by atoms with Gasteiger partial charge in [0.2, 0.25) is 0 Å². The molecule has 10 heteroatoms. The molecule has 0 bridgehead atoms. The van der Waals surface area contributed by atoms with Crippen LogP contribution in [0.5, 0.6) is 0 Å². The third kappa shape index (κ3) is 2.54. The van der Waals surface area contributed by atoms with Crippen LogP contribution in [-0.2, 0) is 0 Å². The molecule has 0 amide bonds.